The zero-order valence-electron chi connectivity index (χ0n) is 19.8. The van der Waals surface area contributed by atoms with Crippen molar-refractivity contribution in [2.24, 2.45) is 0 Å². The van der Waals surface area contributed by atoms with Crippen LogP contribution < -0.4 is 31.1 Å². The van der Waals surface area contributed by atoms with Gasteiger partial charge in [0.25, 0.3) is 0 Å². The molecule has 4 aromatic rings. The standard InChI is InChI=1S/C28H30N2O5/c1-32-22-11-13-26-23(17-22)25(31)18-27(35-26)19-6-9-21(10-7-19)33-14-4-2-3-5-15-34-28-16-20(29)8-12-24(28)30/h6-13,16-18H,2-5,14-15,29-30H2,1H3. The predicted molar refractivity (Wildman–Crippen MR) is 139 cm³/mol. The lowest BCUT2D eigenvalue weighted by Crippen LogP contribution is -2.02. The summed E-state index contributed by atoms with van der Waals surface area (Å²) in [5.74, 6) is 2.55. The van der Waals surface area contributed by atoms with E-state index in [1.54, 1.807) is 43.5 Å². The molecule has 0 aliphatic heterocycles. The van der Waals surface area contributed by atoms with Crippen LogP contribution in [0.5, 0.6) is 17.2 Å². The monoisotopic (exact) mass is 474 g/mol. The third-order valence-corrected chi connectivity index (χ3v) is 5.68. The first kappa shape index (κ1) is 24.0. The number of ether oxygens (including phenoxy) is 3. The van der Waals surface area contributed by atoms with Crippen LogP contribution >= 0.6 is 0 Å². The Hall–Kier alpha value is -4.13. The lowest BCUT2D eigenvalue weighted by molar-refractivity contribution is 0.288. The topological polar surface area (TPSA) is 110 Å². The lowest BCUT2D eigenvalue weighted by atomic mass is 10.1. The molecule has 4 rings (SSSR count). The second kappa shape index (κ2) is 11.3. The van der Waals surface area contributed by atoms with Gasteiger partial charge >= 0.3 is 0 Å². The third kappa shape index (κ3) is 6.26. The van der Waals surface area contributed by atoms with Crippen molar-refractivity contribution >= 4 is 22.3 Å². The van der Waals surface area contributed by atoms with Crippen molar-refractivity contribution in [2.75, 3.05) is 31.8 Å². The summed E-state index contributed by atoms with van der Waals surface area (Å²) in [5.41, 5.74) is 14.1. The fourth-order valence-electron chi connectivity index (χ4n) is 3.73. The molecule has 0 bridgehead atoms. The van der Waals surface area contributed by atoms with Crippen LogP contribution in [0.25, 0.3) is 22.3 Å². The molecule has 0 amide bonds. The SMILES string of the molecule is COc1ccc2oc(-c3ccc(OCCCCCCOc4cc(N)ccc4N)cc3)cc(=O)c2c1. The second-order valence-corrected chi connectivity index (χ2v) is 8.27. The Labute approximate surface area is 204 Å². The summed E-state index contributed by atoms with van der Waals surface area (Å²) >= 11 is 0. The van der Waals surface area contributed by atoms with Gasteiger partial charge in [0.2, 0.25) is 0 Å². The van der Waals surface area contributed by atoms with Gasteiger partial charge in [0.15, 0.2) is 5.43 Å². The van der Waals surface area contributed by atoms with Gasteiger partial charge in [-0.05, 0) is 80.3 Å². The fraction of sp³-hybridized carbons (Fsp3) is 0.250. The summed E-state index contributed by atoms with van der Waals surface area (Å²) < 4.78 is 22.7. The number of unbranched alkanes of at least 4 members (excludes halogenated alkanes) is 3. The van der Waals surface area contributed by atoms with Crippen LogP contribution in [0.15, 0.2) is 75.9 Å². The van der Waals surface area contributed by atoms with E-state index in [1.165, 1.54) is 6.07 Å². The number of benzene rings is 3. The minimum Gasteiger partial charge on any atom is -0.497 e. The number of nitrogen functional groups attached to an aromatic ring is 2. The number of hydrogen-bond acceptors (Lipinski definition) is 7. The van der Waals surface area contributed by atoms with Gasteiger partial charge in [0, 0.05) is 23.4 Å². The summed E-state index contributed by atoms with van der Waals surface area (Å²) in [7, 11) is 1.57. The number of anilines is 2. The first-order valence-electron chi connectivity index (χ1n) is 11.7. The molecule has 0 aliphatic carbocycles. The molecule has 0 saturated heterocycles. The Morgan fingerprint density at radius 2 is 1.49 bits per heavy atom. The summed E-state index contributed by atoms with van der Waals surface area (Å²) in [6.07, 6.45) is 3.97. The minimum absolute atomic E-state index is 0.109. The lowest BCUT2D eigenvalue weighted by Gasteiger charge is -2.10. The van der Waals surface area contributed by atoms with Gasteiger partial charge in [-0.3, -0.25) is 4.79 Å². The van der Waals surface area contributed by atoms with E-state index >= 15 is 0 Å². The van der Waals surface area contributed by atoms with E-state index in [0.717, 1.165) is 37.0 Å². The maximum Gasteiger partial charge on any atom is 0.193 e. The molecule has 0 spiro atoms. The average Bonchev–Trinajstić information content (AvgIpc) is 2.87. The van der Waals surface area contributed by atoms with E-state index in [2.05, 4.69) is 0 Å². The molecule has 7 heteroatoms. The van der Waals surface area contributed by atoms with Crippen LogP contribution in [0, 0.1) is 0 Å². The zero-order valence-corrected chi connectivity index (χ0v) is 19.8. The van der Waals surface area contributed by atoms with Crippen LogP contribution in [-0.2, 0) is 0 Å². The first-order valence-corrected chi connectivity index (χ1v) is 11.7. The molecular formula is C28H30N2O5. The Kier molecular flexibility index (Phi) is 7.77. The Bertz CT molecular complexity index is 1330. The van der Waals surface area contributed by atoms with Crippen LogP contribution in [0.2, 0.25) is 0 Å². The van der Waals surface area contributed by atoms with E-state index in [9.17, 15) is 4.79 Å². The van der Waals surface area contributed by atoms with Crippen LogP contribution in [0.3, 0.4) is 0 Å². The van der Waals surface area contributed by atoms with Gasteiger partial charge in [0.1, 0.15) is 28.6 Å². The molecular weight excluding hydrogens is 444 g/mol. The van der Waals surface area contributed by atoms with Crippen molar-refractivity contribution in [3.8, 4) is 28.6 Å². The molecule has 182 valence electrons. The summed E-state index contributed by atoms with van der Waals surface area (Å²) in [5, 5.41) is 0.494. The average molecular weight is 475 g/mol. The van der Waals surface area contributed by atoms with Gasteiger partial charge in [-0.1, -0.05) is 0 Å². The van der Waals surface area contributed by atoms with E-state index < -0.39 is 0 Å². The van der Waals surface area contributed by atoms with Crippen molar-refractivity contribution in [3.05, 3.63) is 77.0 Å². The first-order chi connectivity index (χ1) is 17.0. The van der Waals surface area contributed by atoms with Crippen LogP contribution in [-0.4, -0.2) is 20.3 Å². The summed E-state index contributed by atoms with van der Waals surface area (Å²) in [6.45, 7) is 1.24. The second-order valence-electron chi connectivity index (χ2n) is 8.27. The van der Waals surface area contributed by atoms with Gasteiger partial charge in [-0.25, -0.2) is 0 Å². The van der Waals surface area contributed by atoms with Crippen molar-refractivity contribution in [3.63, 3.8) is 0 Å². The number of hydrogen-bond donors (Lipinski definition) is 2. The van der Waals surface area contributed by atoms with Crippen LogP contribution in [0.4, 0.5) is 11.4 Å². The molecule has 0 radical (unpaired) electrons. The smallest absolute Gasteiger partial charge is 0.193 e. The van der Waals surface area contributed by atoms with E-state index in [0.29, 0.717) is 52.8 Å². The summed E-state index contributed by atoms with van der Waals surface area (Å²) in [4.78, 5) is 12.5. The number of fused-ring (bicyclic) bond motifs is 1. The molecule has 0 atom stereocenters. The number of rotatable bonds is 11. The maximum absolute atomic E-state index is 12.5. The molecule has 0 fully saturated rings. The minimum atomic E-state index is -0.109. The van der Waals surface area contributed by atoms with Crippen molar-refractivity contribution in [1.29, 1.82) is 0 Å². The highest BCUT2D eigenvalue weighted by Crippen LogP contribution is 2.26. The molecule has 3 aromatic carbocycles. The Morgan fingerprint density at radius 3 is 2.23 bits per heavy atom. The van der Waals surface area contributed by atoms with E-state index in [1.807, 2.05) is 24.3 Å². The fourth-order valence-corrected chi connectivity index (χ4v) is 3.73. The van der Waals surface area contributed by atoms with Gasteiger partial charge in [0.05, 0.1) is 31.4 Å². The largest absolute Gasteiger partial charge is 0.497 e. The molecule has 0 aliphatic rings. The highest BCUT2D eigenvalue weighted by molar-refractivity contribution is 5.80. The zero-order chi connectivity index (χ0) is 24.6. The molecule has 1 heterocycles. The van der Waals surface area contributed by atoms with E-state index in [4.69, 9.17) is 30.1 Å². The normalized spacial score (nSPS) is 10.9. The number of methoxy groups -OCH3 is 1. The van der Waals surface area contributed by atoms with Crippen LogP contribution in [0.1, 0.15) is 25.7 Å². The van der Waals surface area contributed by atoms with Crippen molar-refractivity contribution in [2.45, 2.75) is 25.7 Å². The predicted octanol–water partition coefficient (Wildman–Crippen LogP) is 5.65. The molecule has 7 nitrogen and oxygen atoms in total. The Balaban J connectivity index is 1.20. The van der Waals surface area contributed by atoms with Crippen molar-refractivity contribution in [1.82, 2.24) is 0 Å². The van der Waals surface area contributed by atoms with Gasteiger partial charge in [-0.2, -0.15) is 0 Å². The molecule has 1 aromatic heterocycles. The number of nitrogens with two attached hydrogens (primary N) is 2. The quantitative estimate of drug-likeness (QED) is 0.213. The molecule has 4 N–H and O–H groups in total. The third-order valence-electron chi connectivity index (χ3n) is 5.68. The molecule has 0 saturated carbocycles. The summed E-state index contributed by atoms with van der Waals surface area (Å²) in [6, 6.07) is 19.5. The molecule has 0 unspecified atom stereocenters. The maximum atomic E-state index is 12.5. The highest BCUT2D eigenvalue weighted by Gasteiger charge is 2.08. The van der Waals surface area contributed by atoms with Gasteiger partial charge < -0.3 is 30.1 Å². The van der Waals surface area contributed by atoms with Crippen molar-refractivity contribution < 1.29 is 18.6 Å². The molecule has 35 heavy (non-hydrogen) atoms. The van der Waals surface area contributed by atoms with Gasteiger partial charge in [-0.15, -0.1) is 0 Å². The van der Waals surface area contributed by atoms with E-state index in [-0.39, 0.29) is 5.43 Å². The Morgan fingerprint density at radius 1 is 0.771 bits per heavy atom. The highest BCUT2D eigenvalue weighted by atomic mass is 16.5.